The van der Waals surface area contributed by atoms with Gasteiger partial charge in [-0.3, -0.25) is 4.79 Å². The number of rotatable bonds is 3. The number of hydrogen-bond acceptors (Lipinski definition) is 4. The van der Waals surface area contributed by atoms with Crippen molar-refractivity contribution >= 4 is 16.9 Å². The van der Waals surface area contributed by atoms with E-state index < -0.39 is 5.60 Å². The topological polar surface area (TPSA) is 62.9 Å². The van der Waals surface area contributed by atoms with E-state index in [1.165, 1.54) is 0 Å². The van der Waals surface area contributed by atoms with E-state index in [2.05, 4.69) is 0 Å². The van der Waals surface area contributed by atoms with Crippen molar-refractivity contribution in [2.75, 3.05) is 20.2 Å². The molecule has 1 aliphatic heterocycles. The monoisotopic (exact) mass is 289 g/mol. The van der Waals surface area contributed by atoms with Gasteiger partial charge in [0, 0.05) is 30.1 Å². The van der Waals surface area contributed by atoms with Crippen LogP contribution in [0.2, 0.25) is 0 Å². The Morgan fingerprint density at radius 1 is 1.52 bits per heavy atom. The molecule has 1 atom stereocenters. The summed E-state index contributed by atoms with van der Waals surface area (Å²) in [7, 11) is 1.60. The minimum atomic E-state index is -0.762. The second-order valence-corrected chi connectivity index (χ2v) is 5.86. The summed E-state index contributed by atoms with van der Waals surface area (Å²) in [4.78, 5) is 14.0. The summed E-state index contributed by atoms with van der Waals surface area (Å²) < 4.78 is 10.6. The molecule has 2 aromatic rings. The number of carbonyl (C=O) groups excluding carboxylic acids is 1. The van der Waals surface area contributed by atoms with Crippen molar-refractivity contribution in [3.05, 3.63) is 30.0 Å². The number of amides is 1. The summed E-state index contributed by atoms with van der Waals surface area (Å²) >= 11 is 0. The number of nitrogens with zero attached hydrogens (tertiary/aromatic N) is 1. The van der Waals surface area contributed by atoms with E-state index in [9.17, 15) is 9.90 Å². The second-order valence-electron chi connectivity index (χ2n) is 5.86. The van der Waals surface area contributed by atoms with Gasteiger partial charge in [0.1, 0.15) is 11.3 Å². The summed E-state index contributed by atoms with van der Waals surface area (Å²) in [5.74, 6) is 0.747. The van der Waals surface area contributed by atoms with Gasteiger partial charge in [-0.05, 0) is 25.5 Å². The molecule has 5 heteroatoms. The molecule has 21 heavy (non-hydrogen) atoms. The van der Waals surface area contributed by atoms with Gasteiger partial charge in [-0.25, -0.2) is 0 Å². The molecule has 1 aromatic heterocycles. The van der Waals surface area contributed by atoms with Crippen molar-refractivity contribution in [1.82, 2.24) is 4.90 Å². The summed E-state index contributed by atoms with van der Waals surface area (Å²) in [6.07, 6.45) is 2.54. The highest BCUT2D eigenvalue weighted by atomic mass is 16.5. The molecule has 1 fully saturated rings. The Balaban J connectivity index is 1.77. The van der Waals surface area contributed by atoms with Crippen LogP contribution in [0.3, 0.4) is 0 Å². The standard InChI is InChI=1S/C16H19NO4/c1-16(19)5-6-17(10-16)15(18)7-11-9-21-14-8-12(20-2)3-4-13(11)14/h3-4,8-9,19H,5-7,10H2,1-2H3/t16-/m0/s1. The summed E-state index contributed by atoms with van der Waals surface area (Å²) in [6.45, 7) is 2.77. The summed E-state index contributed by atoms with van der Waals surface area (Å²) in [5.41, 5.74) is 0.816. The van der Waals surface area contributed by atoms with Crippen LogP contribution in [0.15, 0.2) is 28.9 Å². The van der Waals surface area contributed by atoms with Crippen molar-refractivity contribution in [2.45, 2.75) is 25.4 Å². The lowest BCUT2D eigenvalue weighted by Gasteiger charge is -2.18. The van der Waals surface area contributed by atoms with Crippen LogP contribution < -0.4 is 4.74 Å². The van der Waals surface area contributed by atoms with E-state index >= 15 is 0 Å². The third-order valence-corrected chi connectivity index (χ3v) is 4.01. The van der Waals surface area contributed by atoms with E-state index in [4.69, 9.17) is 9.15 Å². The molecule has 1 amide bonds. The molecule has 1 aromatic carbocycles. The first-order valence-corrected chi connectivity index (χ1v) is 7.03. The maximum Gasteiger partial charge on any atom is 0.227 e. The highest BCUT2D eigenvalue weighted by Crippen LogP contribution is 2.27. The number of hydrogen-bond donors (Lipinski definition) is 1. The molecule has 0 saturated carbocycles. The fourth-order valence-electron chi connectivity index (χ4n) is 2.76. The number of methoxy groups -OCH3 is 1. The van der Waals surface area contributed by atoms with Gasteiger partial charge in [0.05, 0.1) is 25.4 Å². The van der Waals surface area contributed by atoms with Crippen molar-refractivity contribution in [3.63, 3.8) is 0 Å². The number of β-amino-alcohol motifs (C(OH)–C–C–N with tert-alkyl or cyclic N) is 1. The zero-order valence-electron chi connectivity index (χ0n) is 12.3. The Labute approximate surface area is 123 Å². The lowest BCUT2D eigenvalue weighted by atomic mass is 10.1. The molecule has 1 saturated heterocycles. The fraction of sp³-hybridized carbons (Fsp3) is 0.438. The molecule has 2 heterocycles. The number of aliphatic hydroxyl groups is 1. The van der Waals surface area contributed by atoms with E-state index in [0.29, 0.717) is 25.1 Å². The van der Waals surface area contributed by atoms with Crippen LogP contribution in [-0.2, 0) is 11.2 Å². The lowest BCUT2D eigenvalue weighted by molar-refractivity contribution is -0.130. The second kappa shape index (κ2) is 5.07. The number of benzene rings is 1. The molecule has 0 aliphatic carbocycles. The van der Waals surface area contributed by atoms with Gasteiger partial charge in [0.25, 0.3) is 0 Å². The SMILES string of the molecule is COc1ccc2c(CC(=O)N3CC[C@](C)(O)C3)coc2c1. The molecule has 5 nitrogen and oxygen atoms in total. The summed E-state index contributed by atoms with van der Waals surface area (Å²) in [5, 5.41) is 10.9. The molecule has 0 bridgehead atoms. The minimum absolute atomic E-state index is 0.0197. The summed E-state index contributed by atoms with van der Waals surface area (Å²) in [6, 6.07) is 5.57. The first kappa shape index (κ1) is 13.9. The molecule has 112 valence electrons. The minimum Gasteiger partial charge on any atom is -0.497 e. The van der Waals surface area contributed by atoms with Crippen LogP contribution in [0, 0.1) is 0 Å². The van der Waals surface area contributed by atoms with E-state index in [1.807, 2.05) is 18.2 Å². The van der Waals surface area contributed by atoms with Gasteiger partial charge in [-0.1, -0.05) is 0 Å². The molecular formula is C16H19NO4. The molecule has 0 spiro atoms. The van der Waals surface area contributed by atoms with E-state index in [-0.39, 0.29) is 12.3 Å². The predicted octanol–water partition coefficient (Wildman–Crippen LogP) is 1.97. The van der Waals surface area contributed by atoms with Crippen LogP contribution >= 0.6 is 0 Å². The van der Waals surface area contributed by atoms with Gasteiger partial charge in [-0.2, -0.15) is 0 Å². The Morgan fingerprint density at radius 3 is 3.00 bits per heavy atom. The van der Waals surface area contributed by atoms with Crippen LogP contribution in [0.5, 0.6) is 5.75 Å². The molecule has 0 unspecified atom stereocenters. The maximum absolute atomic E-state index is 12.3. The zero-order valence-corrected chi connectivity index (χ0v) is 12.3. The van der Waals surface area contributed by atoms with Gasteiger partial charge in [0.15, 0.2) is 0 Å². The van der Waals surface area contributed by atoms with Gasteiger partial charge in [-0.15, -0.1) is 0 Å². The van der Waals surface area contributed by atoms with Crippen molar-refractivity contribution in [1.29, 1.82) is 0 Å². The van der Waals surface area contributed by atoms with Crippen LogP contribution in [0.1, 0.15) is 18.9 Å². The molecule has 3 rings (SSSR count). The number of carbonyl (C=O) groups is 1. The highest BCUT2D eigenvalue weighted by molar-refractivity contribution is 5.88. The average Bonchev–Trinajstić information content (AvgIpc) is 3.02. The van der Waals surface area contributed by atoms with Crippen LogP contribution in [0.25, 0.3) is 11.0 Å². The van der Waals surface area contributed by atoms with Crippen LogP contribution in [-0.4, -0.2) is 41.7 Å². The fourth-order valence-corrected chi connectivity index (χ4v) is 2.76. The highest BCUT2D eigenvalue weighted by Gasteiger charge is 2.33. The first-order chi connectivity index (χ1) is 9.98. The number of fused-ring (bicyclic) bond motifs is 1. The Morgan fingerprint density at radius 2 is 2.33 bits per heavy atom. The van der Waals surface area contributed by atoms with Crippen LogP contribution in [0.4, 0.5) is 0 Å². The maximum atomic E-state index is 12.3. The normalized spacial score (nSPS) is 22.0. The number of ether oxygens (including phenoxy) is 1. The Bertz CT molecular complexity index is 674. The third-order valence-electron chi connectivity index (χ3n) is 4.01. The molecule has 1 N–H and O–H groups in total. The quantitative estimate of drug-likeness (QED) is 0.938. The number of furan rings is 1. The van der Waals surface area contributed by atoms with Crippen molar-refractivity contribution in [3.8, 4) is 5.75 Å². The molecular weight excluding hydrogens is 270 g/mol. The van der Waals surface area contributed by atoms with Gasteiger partial charge < -0.3 is 19.2 Å². The van der Waals surface area contributed by atoms with Gasteiger partial charge >= 0.3 is 0 Å². The largest absolute Gasteiger partial charge is 0.497 e. The smallest absolute Gasteiger partial charge is 0.227 e. The first-order valence-electron chi connectivity index (χ1n) is 7.03. The number of likely N-dealkylation sites (tertiary alicyclic amines) is 1. The molecule has 0 radical (unpaired) electrons. The van der Waals surface area contributed by atoms with E-state index in [1.54, 1.807) is 25.2 Å². The molecule has 1 aliphatic rings. The average molecular weight is 289 g/mol. The van der Waals surface area contributed by atoms with Gasteiger partial charge in [0.2, 0.25) is 5.91 Å². The predicted molar refractivity (Wildman–Crippen MR) is 78.3 cm³/mol. The Kier molecular flexibility index (Phi) is 3.37. The third kappa shape index (κ3) is 2.74. The van der Waals surface area contributed by atoms with Crippen molar-refractivity contribution in [2.24, 2.45) is 0 Å². The Hall–Kier alpha value is -2.01. The lowest BCUT2D eigenvalue weighted by Crippen LogP contribution is -2.34. The van der Waals surface area contributed by atoms with E-state index in [0.717, 1.165) is 16.7 Å². The zero-order chi connectivity index (χ0) is 15.0. The van der Waals surface area contributed by atoms with Crippen molar-refractivity contribution < 1.29 is 19.1 Å².